The molecule has 0 radical (unpaired) electrons. The molecule has 4 aromatic rings. The van der Waals surface area contributed by atoms with E-state index in [1.807, 2.05) is 66.7 Å². The van der Waals surface area contributed by atoms with Crippen LogP contribution in [0.3, 0.4) is 0 Å². The van der Waals surface area contributed by atoms with Gasteiger partial charge in [0.05, 0.1) is 18.8 Å². The van der Waals surface area contributed by atoms with Gasteiger partial charge in [-0.15, -0.1) is 0 Å². The number of rotatable bonds is 6. The third-order valence-corrected chi connectivity index (χ3v) is 5.08. The molecule has 152 valence electrons. The van der Waals surface area contributed by atoms with Crippen molar-refractivity contribution >= 4 is 22.4 Å². The maximum absolute atomic E-state index is 14.0. The summed E-state index contributed by atoms with van der Waals surface area (Å²) in [5, 5.41) is 11.8. The summed E-state index contributed by atoms with van der Waals surface area (Å²) >= 11 is 0. The molecule has 0 aliphatic rings. The number of methoxy groups -OCH3 is 1. The minimum absolute atomic E-state index is 0.0935. The number of fused-ring (bicyclic) bond motifs is 1. The molecule has 0 aromatic heterocycles. The van der Waals surface area contributed by atoms with Crippen molar-refractivity contribution in [3.63, 3.8) is 0 Å². The number of allylic oxidation sites excluding steroid dienone is 1. The Balaban J connectivity index is 1.78. The maximum atomic E-state index is 14.0. The molecule has 0 bridgehead atoms. The SMILES string of the molecule is COc1ccc(/C(C#N)=C/c2c(OCc3ccccc3F)ccc3ccccc23)cc1. The molecule has 0 aliphatic carbocycles. The first kappa shape index (κ1) is 20.2. The van der Waals surface area contributed by atoms with Crippen LogP contribution in [0.2, 0.25) is 0 Å². The van der Waals surface area contributed by atoms with E-state index < -0.39 is 0 Å². The van der Waals surface area contributed by atoms with Gasteiger partial charge in [0.15, 0.2) is 0 Å². The predicted octanol–water partition coefficient (Wildman–Crippen LogP) is 6.63. The highest BCUT2D eigenvalue weighted by Gasteiger charge is 2.11. The average Bonchev–Trinajstić information content (AvgIpc) is 2.82. The lowest BCUT2D eigenvalue weighted by atomic mass is 9.98. The van der Waals surface area contributed by atoms with Gasteiger partial charge in [0, 0.05) is 11.1 Å². The standard InChI is InChI=1S/C27H20FNO2/c1-30-23-13-10-19(11-14-23)22(17-29)16-25-24-8-4-2-6-20(24)12-15-27(25)31-18-21-7-3-5-9-26(21)28/h2-16H,18H2,1H3/b22-16+. The second-order valence-electron chi connectivity index (χ2n) is 6.98. The number of ether oxygens (including phenoxy) is 2. The van der Waals surface area contributed by atoms with Gasteiger partial charge in [-0.05, 0) is 58.8 Å². The molecule has 0 saturated carbocycles. The van der Waals surface area contributed by atoms with Crippen LogP contribution in [0.4, 0.5) is 4.39 Å². The fraction of sp³-hybridized carbons (Fsp3) is 0.0741. The zero-order chi connectivity index (χ0) is 21.6. The topological polar surface area (TPSA) is 42.2 Å². The Morgan fingerprint density at radius 3 is 2.42 bits per heavy atom. The summed E-state index contributed by atoms with van der Waals surface area (Å²) in [5.74, 6) is 1.000. The molecule has 0 N–H and O–H groups in total. The van der Waals surface area contributed by atoms with Crippen LogP contribution in [-0.4, -0.2) is 7.11 Å². The van der Waals surface area contributed by atoms with E-state index in [1.54, 1.807) is 25.3 Å². The fourth-order valence-corrected chi connectivity index (χ4v) is 3.42. The molecule has 4 heteroatoms. The van der Waals surface area contributed by atoms with Crippen LogP contribution < -0.4 is 9.47 Å². The van der Waals surface area contributed by atoms with Crippen molar-refractivity contribution in [2.75, 3.05) is 7.11 Å². The Morgan fingerprint density at radius 1 is 0.935 bits per heavy atom. The molecule has 0 amide bonds. The van der Waals surface area contributed by atoms with Gasteiger partial charge >= 0.3 is 0 Å². The monoisotopic (exact) mass is 409 g/mol. The normalized spacial score (nSPS) is 11.2. The van der Waals surface area contributed by atoms with Gasteiger partial charge in [-0.25, -0.2) is 4.39 Å². The van der Waals surface area contributed by atoms with Gasteiger partial charge in [0.1, 0.15) is 23.9 Å². The van der Waals surface area contributed by atoms with E-state index in [2.05, 4.69) is 6.07 Å². The van der Waals surface area contributed by atoms with Crippen molar-refractivity contribution in [2.45, 2.75) is 6.61 Å². The highest BCUT2D eigenvalue weighted by atomic mass is 19.1. The molecule has 4 rings (SSSR count). The van der Waals surface area contributed by atoms with Gasteiger partial charge in [-0.3, -0.25) is 0 Å². The van der Waals surface area contributed by atoms with Crippen molar-refractivity contribution in [3.05, 3.63) is 107 Å². The molecule has 0 saturated heterocycles. The average molecular weight is 409 g/mol. The van der Waals surface area contributed by atoms with E-state index in [9.17, 15) is 9.65 Å². The number of nitriles is 1. The van der Waals surface area contributed by atoms with Gasteiger partial charge in [-0.2, -0.15) is 5.26 Å². The van der Waals surface area contributed by atoms with E-state index in [1.165, 1.54) is 6.07 Å². The van der Waals surface area contributed by atoms with Crippen molar-refractivity contribution in [1.82, 2.24) is 0 Å². The van der Waals surface area contributed by atoms with E-state index in [4.69, 9.17) is 9.47 Å². The van der Waals surface area contributed by atoms with Crippen LogP contribution in [0.1, 0.15) is 16.7 Å². The molecular weight excluding hydrogens is 389 g/mol. The molecule has 3 nitrogen and oxygen atoms in total. The van der Waals surface area contributed by atoms with Crippen LogP contribution in [-0.2, 0) is 6.61 Å². The molecule has 0 heterocycles. The molecule has 4 aromatic carbocycles. The van der Waals surface area contributed by atoms with E-state index in [0.717, 1.165) is 27.6 Å². The number of nitrogens with zero attached hydrogens (tertiary/aromatic N) is 1. The Kier molecular flexibility index (Phi) is 5.96. The number of halogens is 1. The largest absolute Gasteiger partial charge is 0.497 e. The third kappa shape index (κ3) is 4.41. The van der Waals surface area contributed by atoms with E-state index in [-0.39, 0.29) is 12.4 Å². The highest BCUT2D eigenvalue weighted by Crippen LogP contribution is 2.33. The lowest BCUT2D eigenvalue weighted by molar-refractivity contribution is 0.299. The summed E-state index contributed by atoms with van der Waals surface area (Å²) in [7, 11) is 1.60. The number of hydrogen-bond acceptors (Lipinski definition) is 3. The molecule has 0 atom stereocenters. The van der Waals surface area contributed by atoms with Gasteiger partial charge < -0.3 is 9.47 Å². The van der Waals surface area contributed by atoms with Gasteiger partial charge in [-0.1, -0.05) is 48.5 Å². The van der Waals surface area contributed by atoms with Gasteiger partial charge in [0.25, 0.3) is 0 Å². The Hall–Kier alpha value is -4.10. The summed E-state index contributed by atoms with van der Waals surface area (Å²) in [4.78, 5) is 0. The number of benzene rings is 4. The second kappa shape index (κ2) is 9.15. The van der Waals surface area contributed by atoms with Crippen molar-refractivity contribution in [2.24, 2.45) is 0 Å². The maximum Gasteiger partial charge on any atom is 0.129 e. The molecule has 0 unspecified atom stereocenters. The summed E-state index contributed by atoms with van der Waals surface area (Å²) in [6, 6.07) is 27.9. The van der Waals surface area contributed by atoms with Crippen molar-refractivity contribution in [3.8, 4) is 17.6 Å². The zero-order valence-electron chi connectivity index (χ0n) is 17.0. The minimum Gasteiger partial charge on any atom is -0.497 e. The quantitative estimate of drug-likeness (QED) is 0.265. The summed E-state index contributed by atoms with van der Waals surface area (Å²) < 4.78 is 25.3. The molecule has 31 heavy (non-hydrogen) atoms. The lowest BCUT2D eigenvalue weighted by Gasteiger charge is -2.13. The van der Waals surface area contributed by atoms with Crippen molar-refractivity contribution in [1.29, 1.82) is 5.26 Å². The molecule has 0 fully saturated rings. The predicted molar refractivity (Wildman–Crippen MR) is 121 cm³/mol. The number of hydrogen-bond donors (Lipinski definition) is 0. The third-order valence-electron chi connectivity index (χ3n) is 5.08. The molecule has 0 aliphatic heterocycles. The van der Waals surface area contributed by atoms with Gasteiger partial charge in [0.2, 0.25) is 0 Å². The molecule has 0 spiro atoms. The van der Waals surface area contributed by atoms with Crippen LogP contribution >= 0.6 is 0 Å². The Labute approximate surface area is 180 Å². The zero-order valence-corrected chi connectivity index (χ0v) is 17.0. The lowest BCUT2D eigenvalue weighted by Crippen LogP contribution is -2.00. The van der Waals surface area contributed by atoms with Crippen LogP contribution in [0.25, 0.3) is 22.4 Å². The summed E-state index contributed by atoms with van der Waals surface area (Å²) in [6.07, 6.45) is 1.82. The first-order valence-electron chi connectivity index (χ1n) is 9.84. The van der Waals surface area contributed by atoms with E-state index in [0.29, 0.717) is 16.9 Å². The fourth-order valence-electron chi connectivity index (χ4n) is 3.42. The van der Waals surface area contributed by atoms with Crippen molar-refractivity contribution < 1.29 is 13.9 Å². The van der Waals surface area contributed by atoms with Crippen LogP contribution in [0, 0.1) is 17.1 Å². The summed E-state index contributed by atoms with van der Waals surface area (Å²) in [5.41, 5.74) is 2.52. The first-order valence-corrected chi connectivity index (χ1v) is 9.84. The highest BCUT2D eigenvalue weighted by molar-refractivity contribution is 6.00. The smallest absolute Gasteiger partial charge is 0.129 e. The first-order chi connectivity index (χ1) is 15.2. The second-order valence-corrected chi connectivity index (χ2v) is 6.98. The Morgan fingerprint density at radius 2 is 1.68 bits per heavy atom. The van der Waals surface area contributed by atoms with Crippen LogP contribution in [0.15, 0.2) is 84.9 Å². The Bertz CT molecular complexity index is 1290. The molecular formula is C27H20FNO2. The van der Waals surface area contributed by atoms with Crippen LogP contribution in [0.5, 0.6) is 11.5 Å². The summed E-state index contributed by atoms with van der Waals surface area (Å²) in [6.45, 7) is 0.0935. The minimum atomic E-state index is -0.309. The van der Waals surface area contributed by atoms with E-state index >= 15 is 0 Å².